The van der Waals surface area contributed by atoms with Crippen LogP contribution in [0.3, 0.4) is 0 Å². The van der Waals surface area contributed by atoms with Gasteiger partial charge >= 0.3 is 0 Å². The van der Waals surface area contributed by atoms with Crippen LogP contribution in [0.15, 0.2) is 18.2 Å². The average Bonchev–Trinajstić information content (AvgIpc) is 2.76. The molecular formula is C13H18O5S. The zero-order valence-electron chi connectivity index (χ0n) is 11.0. The maximum Gasteiger partial charge on any atom is 0.161 e. The van der Waals surface area contributed by atoms with Gasteiger partial charge in [0, 0.05) is 0 Å². The molecule has 0 aromatic heterocycles. The lowest BCUT2D eigenvalue weighted by Gasteiger charge is -2.19. The van der Waals surface area contributed by atoms with E-state index in [2.05, 4.69) is 0 Å². The van der Waals surface area contributed by atoms with Gasteiger partial charge < -0.3 is 14.6 Å². The third-order valence-electron chi connectivity index (χ3n) is 3.48. The van der Waals surface area contributed by atoms with Crippen LogP contribution >= 0.6 is 0 Å². The molecule has 19 heavy (non-hydrogen) atoms. The van der Waals surface area contributed by atoms with E-state index in [0.717, 1.165) is 0 Å². The second-order valence-corrected chi connectivity index (χ2v) is 6.95. The van der Waals surface area contributed by atoms with Crippen molar-refractivity contribution >= 4 is 9.84 Å². The van der Waals surface area contributed by atoms with Gasteiger partial charge in [-0.1, -0.05) is 6.07 Å². The molecule has 1 aliphatic heterocycles. The van der Waals surface area contributed by atoms with Gasteiger partial charge in [0.05, 0.1) is 31.3 Å². The molecule has 0 aliphatic carbocycles. The molecule has 2 rings (SSSR count). The molecule has 1 fully saturated rings. The van der Waals surface area contributed by atoms with E-state index in [9.17, 15) is 13.5 Å². The molecule has 1 aromatic carbocycles. The van der Waals surface area contributed by atoms with Crippen molar-refractivity contribution in [1.82, 2.24) is 0 Å². The number of aliphatic hydroxyl groups is 1. The number of methoxy groups -OCH3 is 2. The Bertz CT molecular complexity index is 552. The van der Waals surface area contributed by atoms with Gasteiger partial charge in [0.2, 0.25) is 0 Å². The third-order valence-corrected chi connectivity index (χ3v) is 5.75. The van der Waals surface area contributed by atoms with Crippen LogP contribution in [0.2, 0.25) is 0 Å². The first-order chi connectivity index (χ1) is 8.99. The van der Waals surface area contributed by atoms with E-state index in [0.29, 0.717) is 29.9 Å². The molecule has 106 valence electrons. The molecule has 1 aliphatic rings. The molecule has 6 heteroatoms. The van der Waals surface area contributed by atoms with Crippen molar-refractivity contribution in [3.05, 3.63) is 23.8 Å². The number of ether oxygens (including phenoxy) is 2. The lowest BCUT2D eigenvalue weighted by Crippen LogP contribution is -2.24. The van der Waals surface area contributed by atoms with Crippen molar-refractivity contribution < 1.29 is 23.0 Å². The van der Waals surface area contributed by atoms with E-state index < -0.39 is 21.2 Å². The van der Waals surface area contributed by atoms with Crippen LogP contribution in [0.4, 0.5) is 0 Å². The van der Waals surface area contributed by atoms with Gasteiger partial charge in [-0.3, -0.25) is 0 Å². The van der Waals surface area contributed by atoms with E-state index >= 15 is 0 Å². The minimum absolute atomic E-state index is 0.155. The molecule has 1 heterocycles. The summed E-state index contributed by atoms with van der Waals surface area (Å²) in [5.41, 5.74) is 0.535. The average molecular weight is 286 g/mol. The summed E-state index contributed by atoms with van der Waals surface area (Å²) in [5, 5.41) is 9.55. The molecule has 0 saturated carbocycles. The monoisotopic (exact) mass is 286 g/mol. The highest BCUT2D eigenvalue weighted by atomic mass is 32.2. The Balaban J connectivity index is 2.31. The van der Waals surface area contributed by atoms with Crippen LogP contribution in [-0.2, 0) is 9.84 Å². The fraction of sp³-hybridized carbons (Fsp3) is 0.538. The molecule has 1 saturated heterocycles. The first-order valence-electron chi connectivity index (χ1n) is 6.11. The summed E-state index contributed by atoms with van der Waals surface area (Å²) in [6.45, 7) is 0. The zero-order valence-corrected chi connectivity index (χ0v) is 11.8. The van der Waals surface area contributed by atoms with Gasteiger partial charge in [-0.2, -0.15) is 0 Å². The van der Waals surface area contributed by atoms with Gasteiger partial charge in [-0.15, -0.1) is 0 Å². The van der Waals surface area contributed by atoms with Gasteiger partial charge in [0.15, 0.2) is 21.3 Å². The Hall–Kier alpha value is -1.27. The van der Waals surface area contributed by atoms with Crippen LogP contribution < -0.4 is 9.47 Å². The summed E-state index contributed by atoms with van der Waals surface area (Å²) in [5.74, 6) is 1.18. The van der Waals surface area contributed by atoms with E-state index in [4.69, 9.17) is 9.47 Å². The SMILES string of the molecule is COc1ccc([C@H](O)[C@H]2CCCS2(=O)=O)cc1OC. The molecule has 0 bridgehead atoms. The summed E-state index contributed by atoms with van der Waals surface area (Å²) in [6.07, 6.45) is 0.0853. The summed E-state index contributed by atoms with van der Waals surface area (Å²) in [7, 11) is -0.168. The number of sulfone groups is 1. The van der Waals surface area contributed by atoms with E-state index in [1.54, 1.807) is 18.2 Å². The number of aliphatic hydroxyl groups excluding tert-OH is 1. The quantitative estimate of drug-likeness (QED) is 0.903. The van der Waals surface area contributed by atoms with E-state index in [1.807, 2.05) is 0 Å². The van der Waals surface area contributed by atoms with Crippen molar-refractivity contribution in [3.63, 3.8) is 0 Å². The largest absolute Gasteiger partial charge is 0.493 e. The molecule has 0 amide bonds. The van der Waals surface area contributed by atoms with Crippen LogP contribution in [0, 0.1) is 0 Å². The fourth-order valence-electron chi connectivity index (χ4n) is 2.42. The maximum absolute atomic E-state index is 11.8. The standard InChI is InChI=1S/C13H18O5S/c1-17-10-6-5-9(8-11(10)18-2)13(14)12-4-3-7-19(12,15)16/h5-6,8,12-14H,3-4,7H2,1-2H3/t12-,13+/m1/s1. The Labute approximate surface area is 113 Å². The predicted molar refractivity (Wildman–Crippen MR) is 71.3 cm³/mol. The van der Waals surface area contributed by atoms with Gasteiger partial charge in [-0.05, 0) is 30.5 Å². The van der Waals surface area contributed by atoms with Crippen LogP contribution in [0.1, 0.15) is 24.5 Å². The summed E-state index contributed by atoms with van der Waals surface area (Å²) in [6, 6.07) is 4.95. The van der Waals surface area contributed by atoms with Crippen LogP contribution in [-0.4, -0.2) is 38.7 Å². The highest BCUT2D eigenvalue weighted by Gasteiger charge is 2.37. The molecule has 1 N–H and O–H groups in total. The van der Waals surface area contributed by atoms with Gasteiger partial charge in [0.25, 0.3) is 0 Å². The minimum Gasteiger partial charge on any atom is -0.493 e. The zero-order chi connectivity index (χ0) is 14.0. The number of rotatable bonds is 4. The minimum atomic E-state index is -3.19. The highest BCUT2D eigenvalue weighted by molar-refractivity contribution is 7.92. The Kier molecular flexibility index (Phi) is 4.01. The number of hydrogen-bond acceptors (Lipinski definition) is 5. The number of benzene rings is 1. The van der Waals surface area contributed by atoms with E-state index in [-0.39, 0.29) is 5.75 Å². The topological polar surface area (TPSA) is 72.8 Å². The molecule has 5 nitrogen and oxygen atoms in total. The normalized spacial score (nSPS) is 23.0. The van der Waals surface area contributed by atoms with Gasteiger partial charge in [0.1, 0.15) is 0 Å². The molecule has 2 atom stereocenters. The summed E-state index contributed by atoms with van der Waals surface area (Å²) >= 11 is 0. The van der Waals surface area contributed by atoms with Crippen molar-refractivity contribution in [3.8, 4) is 11.5 Å². The number of hydrogen-bond donors (Lipinski definition) is 1. The second kappa shape index (κ2) is 5.38. The van der Waals surface area contributed by atoms with Crippen LogP contribution in [0.25, 0.3) is 0 Å². The Morgan fingerprint density at radius 3 is 2.47 bits per heavy atom. The molecule has 0 spiro atoms. The second-order valence-electron chi connectivity index (χ2n) is 4.61. The molecule has 0 radical (unpaired) electrons. The lowest BCUT2D eigenvalue weighted by atomic mass is 10.0. The lowest BCUT2D eigenvalue weighted by molar-refractivity contribution is 0.169. The maximum atomic E-state index is 11.8. The summed E-state index contributed by atoms with van der Waals surface area (Å²) < 4.78 is 33.9. The van der Waals surface area contributed by atoms with Crippen molar-refractivity contribution in [2.75, 3.05) is 20.0 Å². The summed E-state index contributed by atoms with van der Waals surface area (Å²) in [4.78, 5) is 0. The van der Waals surface area contributed by atoms with Crippen molar-refractivity contribution in [2.45, 2.75) is 24.2 Å². The smallest absolute Gasteiger partial charge is 0.161 e. The third kappa shape index (κ3) is 2.69. The van der Waals surface area contributed by atoms with Crippen molar-refractivity contribution in [2.24, 2.45) is 0 Å². The first-order valence-corrected chi connectivity index (χ1v) is 7.82. The molecule has 0 unspecified atom stereocenters. The fourth-order valence-corrected chi connectivity index (χ4v) is 4.37. The predicted octanol–water partition coefficient (Wildman–Crippen LogP) is 1.31. The van der Waals surface area contributed by atoms with Gasteiger partial charge in [-0.25, -0.2) is 8.42 Å². The first kappa shape index (κ1) is 14.1. The Morgan fingerprint density at radius 2 is 1.95 bits per heavy atom. The molecule has 1 aromatic rings. The highest BCUT2D eigenvalue weighted by Crippen LogP contribution is 2.35. The van der Waals surface area contributed by atoms with Crippen LogP contribution in [0.5, 0.6) is 11.5 Å². The molecular weight excluding hydrogens is 268 g/mol. The van der Waals surface area contributed by atoms with Crippen molar-refractivity contribution in [1.29, 1.82) is 0 Å². The van der Waals surface area contributed by atoms with E-state index in [1.165, 1.54) is 14.2 Å². The Morgan fingerprint density at radius 1 is 1.26 bits per heavy atom.